The molecule has 1 rings (SSSR count). The Hall–Kier alpha value is -0.210. The molecule has 0 aromatic heterocycles. The fraction of sp³-hybridized carbons (Fsp3) is 1.00. The Balaban J connectivity index is 2.69. The maximum Gasteiger partial charge on any atom is 0.279 e. The summed E-state index contributed by atoms with van der Waals surface area (Å²) in [5.74, 6) is 0. The van der Waals surface area contributed by atoms with Crippen LogP contribution in [0.4, 0.5) is 0 Å². The van der Waals surface area contributed by atoms with Crippen LogP contribution < -0.4 is 4.72 Å². The number of methoxy groups -OCH3 is 1. The van der Waals surface area contributed by atoms with E-state index in [1.54, 1.807) is 11.4 Å². The largest absolute Gasteiger partial charge is 0.383 e. The minimum Gasteiger partial charge on any atom is -0.383 e. The molecule has 0 bridgehead atoms. The molecule has 114 valence electrons. The van der Waals surface area contributed by atoms with Gasteiger partial charge in [0.2, 0.25) is 0 Å². The van der Waals surface area contributed by atoms with E-state index < -0.39 is 10.2 Å². The van der Waals surface area contributed by atoms with Crippen LogP contribution in [0.1, 0.15) is 27.7 Å². The van der Waals surface area contributed by atoms with Crippen LogP contribution in [0.5, 0.6) is 0 Å². The minimum atomic E-state index is -3.37. The summed E-state index contributed by atoms with van der Waals surface area (Å²) in [4.78, 5) is 2.30. The predicted octanol–water partition coefficient (Wildman–Crippen LogP) is 0.270. The van der Waals surface area contributed by atoms with Crippen molar-refractivity contribution in [1.82, 2.24) is 13.9 Å². The summed E-state index contributed by atoms with van der Waals surface area (Å²) in [6.07, 6.45) is 0. The topological polar surface area (TPSA) is 61.9 Å². The Morgan fingerprint density at radius 3 is 2.21 bits per heavy atom. The highest BCUT2D eigenvalue weighted by Crippen LogP contribution is 2.17. The molecule has 0 aliphatic carbocycles. The third-order valence-corrected chi connectivity index (χ3v) is 5.09. The molecule has 0 aromatic carbocycles. The van der Waals surface area contributed by atoms with Gasteiger partial charge in [-0.2, -0.15) is 17.4 Å². The van der Waals surface area contributed by atoms with Crippen molar-refractivity contribution in [1.29, 1.82) is 0 Å². The first-order valence-corrected chi connectivity index (χ1v) is 8.24. The fourth-order valence-electron chi connectivity index (χ4n) is 2.51. The summed E-state index contributed by atoms with van der Waals surface area (Å²) in [7, 11) is -1.68. The van der Waals surface area contributed by atoms with Gasteiger partial charge in [0.1, 0.15) is 0 Å². The molecule has 1 aliphatic heterocycles. The van der Waals surface area contributed by atoms with Crippen LogP contribution in [0.15, 0.2) is 0 Å². The summed E-state index contributed by atoms with van der Waals surface area (Å²) >= 11 is 0. The molecule has 0 spiro atoms. The van der Waals surface area contributed by atoms with Gasteiger partial charge in [0, 0.05) is 44.9 Å². The van der Waals surface area contributed by atoms with Crippen LogP contribution in [0.2, 0.25) is 0 Å². The molecule has 7 heteroatoms. The van der Waals surface area contributed by atoms with Crippen molar-refractivity contribution in [3.8, 4) is 0 Å². The number of rotatable bonds is 6. The highest BCUT2D eigenvalue weighted by atomic mass is 32.2. The van der Waals surface area contributed by atoms with Crippen LogP contribution in [-0.4, -0.2) is 69.1 Å². The number of nitrogens with zero attached hydrogens (tertiary/aromatic N) is 2. The smallest absolute Gasteiger partial charge is 0.279 e. The number of hydrogen-bond donors (Lipinski definition) is 1. The zero-order valence-electron chi connectivity index (χ0n) is 12.6. The normalized spacial score (nSPS) is 27.1. The first-order chi connectivity index (χ1) is 8.77. The molecule has 6 nitrogen and oxygen atoms in total. The second-order valence-electron chi connectivity index (χ2n) is 5.52. The van der Waals surface area contributed by atoms with Gasteiger partial charge in [-0.3, -0.25) is 4.90 Å². The monoisotopic (exact) mass is 293 g/mol. The van der Waals surface area contributed by atoms with Crippen molar-refractivity contribution in [2.24, 2.45) is 0 Å². The lowest BCUT2D eigenvalue weighted by Gasteiger charge is -2.43. The van der Waals surface area contributed by atoms with E-state index in [4.69, 9.17) is 4.74 Å². The molecule has 1 saturated heterocycles. The van der Waals surface area contributed by atoms with Crippen LogP contribution in [-0.2, 0) is 14.9 Å². The van der Waals surface area contributed by atoms with Crippen LogP contribution >= 0.6 is 0 Å². The molecule has 0 amide bonds. The van der Waals surface area contributed by atoms with Gasteiger partial charge in [-0.05, 0) is 27.7 Å². The van der Waals surface area contributed by atoms with E-state index >= 15 is 0 Å². The predicted molar refractivity (Wildman–Crippen MR) is 76.3 cm³/mol. The van der Waals surface area contributed by atoms with Gasteiger partial charge in [0.25, 0.3) is 10.2 Å². The average Bonchev–Trinajstić information content (AvgIpc) is 2.26. The molecule has 0 radical (unpaired) electrons. The summed E-state index contributed by atoms with van der Waals surface area (Å²) < 4.78 is 33.7. The van der Waals surface area contributed by atoms with Gasteiger partial charge in [0.05, 0.1) is 6.61 Å². The maximum atomic E-state index is 12.2. The molecule has 0 saturated carbocycles. The second kappa shape index (κ2) is 6.99. The molecular formula is C12H27N3O3S. The van der Waals surface area contributed by atoms with Crippen molar-refractivity contribution in [2.45, 2.75) is 45.8 Å². The zero-order valence-corrected chi connectivity index (χ0v) is 13.4. The summed E-state index contributed by atoms with van der Waals surface area (Å²) in [6.45, 7) is 10.3. The van der Waals surface area contributed by atoms with Crippen molar-refractivity contribution >= 4 is 10.2 Å². The van der Waals surface area contributed by atoms with Crippen molar-refractivity contribution in [3.63, 3.8) is 0 Å². The van der Waals surface area contributed by atoms with E-state index in [1.807, 2.05) is 13.8 Å². The van der Waals surface area contributed by atoms with E-state index in [0.717, 1.165) is 6.54 Å². The molecule has 1 heterocycles. The molecule has 2 unspecified atom stereocenters. The van der Waals surface area contributed by atoms with Crippen molar-refractivity contribution < 1.29 is 13.2 Å². The van der Waals surface area contributed by atoms with E-state index in [1.165, 1.54) is 0 Å². The Morgan fingerprint density at radius 2 is 1.79 bits per heavy atom. The lowest BCUT2D eigenvalue weighted by molar-refractivity contribution is 0.0491. The standard InChI is InChI=1S/C12H27N3O3S/c1-10(2)13-19(16,17)14-8-11(3)15(6-7-18-5)12(4)9-14/h10-13H,6-9H2,1-5H3. The summed E-state index contributed by atoms with van der Waals surface area (Å²) in [6, 6.07) is 0.312. The van der Waals surface area contributed by atoms with E-state index in [0.29, 0.717) is 19.7 Å². The molecule has 1 fully saturated rings. The van der Waals surface area contributed by atoms with Gasteiger partial charge in [-0.15, -0.1) is 0 Å². The van der Waals surface area contributed by atoms with E-state index in [2.05, 4.69) is 23.5 Å². The average molecular weight is 293 g/mol. The number of ether oxygens (including phenoxy) is 1. The molecule has 2 atom stereocenters. The Bertz CT molecular complexity index is 360. The number of piperazine rings is 1. The van der Waals surface area contributed by atoms with Crippen LogP contribution in [0, 0.1) is 0 Å². The third-order valence-electron chi connectivity index (χ3n) is 3.35. The molecular weight excluding hydrogens is 266 g/mol. The Kier molecular flexibility index (Phi) is 6.19. The second-order valence-corrected chi connectivity index (χ2v) is 7.23. The Labute approximate surface area is 117 Å². The van der Waals surface area contributed by atoms with E-state index in [9.17, 15) is 8.42 Å². The quantitative estimate of drug-likeness (QED) is 0.763. The van der Waals surface area contributed by atoms with Crippen LogP contribution in [0.25, 0.3) is 0 Å². The van der Waals surface area contributed by atoms with Gasteiger partial charge in [0.15, 0.2) is 0 Å². The molecule has 1 N–H and O–H groups in total. The van der Waals surface area contributed by atoms with Gasteiger partial charge < -0.3 is 4.74 Å². The highest BCUT2D eigenvalue weighted by Gasteiger charge is 2.35. The number of hydrogen-bond acceptors (Lipinski definition) is 4. The van der Waals surface area contributed by atoms with Crippen LogP contribution in [0.3, 0.4) is 0 Å². The van der Waals surface area contributed by atoms with Gasteiger partial charge in [-0.25, -0.2) is 0 Å². The first kappa shape index (κ1) is 16.8. The van der Waals surface area contributed by atoms with Crippen molar-refractivity contribution in [2.75, 3.05) is 33.4 Å². The summed E-state index contributed by atoms with van der Waals surface area (Å²) in [5, 5.41) is 0. The molecule has 0 aromatic rings. The summed E-state index contributed by atoms with van der Waals surface area (Å²) in [5.41, 5.74) is 0. The van der Waals surface area contributed by atoms with Gasteiger partial charge >= 0.3 is 0 Å². The molecule has 1 aliphatic rings. The van der Waals surface area contributed by atoms with E-state index in [-0.39, 0.29) is 18.1 Å². The molecule has 19 heavy (non-hydrogen) atoms. The first-order valence-electron chi connectivity index (χ1n) is 6.80. The fourth-order valence-corrected chi connectivity index (χ4v) is 4.08. The zero-order chi connectivity index (χ0) is 14.6. The minimum absolute atomic E-state index is 0.0814. The number of nitrogens with one attached hydrogen (secondary N) is 1. The van der Waals surface area contributed by atoms with Gasteiger partial charge in [-0.1, -0.05) is 0 Å². The SMILES string of the molecule is COCCN1C(C)CN(S(=O)(=O)NC(C)C)CC1C. The van der Waals surface area contributed by atoms with Crippen molar-refractivity contribution in [3.05, 3.63) is 0 Å². The third kappa shape index (κ3) is 4.68. The lowest BCUT2D eigenvalue weighted by atomic mass is 10.1. The lowest BCUT2D eigenvalue weighted by Crippen LogP contribution is -2.60. The Morgan fingerprint density at radius 1 is 1.26 bits per heavy atom. The maximum absolute atomic E-state index is 12.2. The highest BCUT2D eigenvalue weighted by molar-refractivity contribution is 7.87.